The van der Waals surface area contributed by atoms with Crippen LogP contribution in [-0.4, -0.2) is 39.4 Å². The Bertz CT molecular complexity index is 1590. The van der Waals surface area contributed by atoms with Gasteiger partial charge in [0.15, 0.2) is 5.13 Å². The lowest BCUT2D eigenvalue weighted by Crippen LogP contribution is -2.45. The molecule has 1 unspecified atom stereocenters. The van der Waals surface area contributed by atoms with Crippen molar-refractivity contribution in [2.24, 2.45) is 0 Å². The number of ether oxygens (including phenoxy) is 1. The molecule has 4 heterocycles. The van der Waals surface area contributed by atoms with E-state index in [1.54, 1.807) is 23.5 Å². The maximum Gasteiger partial charge on any atom is 0.335 e. The maximum atomic E-state index is 11.3. The van der Waals surface area contributed by atoms with Crippen molar-refractivity contribution in [3.05, 3.63) is 74.8 Å². The van der Waals surface area contributed by atoms with Crippen LogP contribution in [0.25, 0.3) is 22.5 Å². The third-order valence-electron chi connectivity index (χ3n) is 8.84. The Morgan fingerprint density at radius 2 is 1.90 bits per heavy atom. The zero-order valence-corrected chi connectivity index (χ0v) is 24.7. The molecule has 212 valence electrons. The first kappa shape index (κ1) is 26.7. The van der Waals surface area contributed by atoms with Crippen LogP contribution in [0.2, 0.25) is 5.02 Å². The molecule has 41 heavy (non-hydrogen) atoms. The lowest BCUT2D eigenvalue weighted by atomic mass is 9.99. The molecule has 2 bridgehead atoms. The summed E-state index contributed by atoms with van der Waals surface area (Å²) in [6.45, 7) is 4.48. The van der Waals surface area contributed by atoms with Crippen LogP contribution >= 0.6 is 22.9 Å². The number of hydrogen-bond acceptors (Lipinski definition) is 7. The van der Waals surface area contributed by atoms with Crippen LogP contribution in [-0.2, 0) is 11.3 Å². The summed E-state index contributed by atoms with van der Waals surface area (Å²) in [5.41, 5.74) is 6.98. The van der Waals surface area contributed by atoms with Gasteiger partial charge in [-0.05, 0) is 81.7 Å². The van der Waals surface area contributed by atoms with Crippen molar-refractivity contribution in [2.75, 3.05) is 4.90 Å². The summed E-state index contributed by atoms with van der Waals surface area (Å²) in [7, 11) is 0. The highest BCUT2D eigenvalue weighted by Gasteiger charge is 2.43. The molecule has 2 aliphatic heterocycles. The van der Waals surface area contributed by atoms with Gasteiger partial charge in [0, 0.05) is 40.1 Å². The number of carboxylic acids is 1. The zero-order chi connectivity index (χ0) is 28.2. The van der Waals surface area contributed by atoms with E-state index in [9.17, 15) is 9.90 Å². The predicted molar refractivity (Wildman–Crippen MR) is 160 cm³/mol. The average Bonchev–Trinajstić information content (AvgIpc) is 3.42. The molecule has 1 aliphatic carbocycles. The van der Waals surface area contributed by atoms with Crippen LogP contribution in [0.3, 0.4) is 0 Å². The van der Waals surface area contributed by atoms with Gasteiger partial charge >= 0.3 is 5.97 Å². The Morgan fingerprint density at radius 1 is 1.12 bits per heavy atom. The van der Waals surface area contributed by atoms with Crippen molar-refractivity contribution in [1.29, 1.82) is 0 Å². The minimum atomic E-state index is -0.914. The van der Waals surface area contributed by atoms with Gasteiger partial charge in [-0.25, -0.2) is 9.78 Å². The smallest absolute Gasteiger partial charge is 0.335 e. The fraction of sp³-hybridized carbons (Fsp3) is 0.406. The number of aromatic nitrogens is 2. The summed E-state index contributed by atoms with van der Waals surface area (Å²) in [6, 6.07) is 11.9. The third-order valence-corrected chi connectivity index (χ3v) is 10.0. The van der Waals surface area contributed by atoms with Crippen molar-refractivity contribution in [3.8, 4) is 22.5 Å². The highest BCUT2D eigenvalue weighted by atomic mass is 35.5. The molecule has 0 radical (unpaired) electrons. The zero-order valence-electron chi connectivity index (χ0n) is 23.1. The predicted octanol–water partition coefficient (Wildman–Crippen LogP) is 8.03. The summed E-state index contributed by atoms with van der Waals surface area (Å²) < 4.78 is 12.5. The number of carbonyl (C=O) groups is 1. The van der Waals surface area contributed by atoms with Gasteiger partial charge in [-0.2, -0.15) is 0 Å². The molecule has 3 aliphatic rings. The first-order chi connectivity index (χ1) is 19.9. The summed E-state index contributed by atoms with van der Waals surface area (Å²) >= 11 is 8.29. The van der Waals surface area contributed by atoms with E-state index in [2.05, 4.69) is 28.4 Å². The quantitative estimate of drug-likeness (QED) is 0.222. The first-order valence-corrected chi connectivity index (χ1v) is 15.6. The Labute approximate surface area is 248 Å². The molecule has 0 amide bonds. The monoisotopic (exact) mass is 589 g/mol. The van der Waals surface area contributed by atoms with Gasteiger partial charge in [0.2, 0.25) is 0 Å². The molecule has 9 heteroatoms. The summed E-state index contributed by atoms with van der Waals surface area (Å²) in [4.78, 5) is 18.9. The molecule has 2 aromatic carbocycles. The van der Waals surface area contributed by atoms with E-state index in [1.165, 1.54) is 0 Å². The highest BCUT2D eigenvalue weighted by Crippen LogP contribution is 2.47. The van der Waals surface area contributed by atoms with Crippen LogP contribution in [0.5, 0.6) is 0 Å². The molecule has 0 spiro atoms. The van der Waals surface area contributed by atoms with Crippen LogP contribution in [0.1, 0.15) is 77.3 Å². The molecule has 1 N–H and O–H groups in total. The van der Waals surface area contributed by atoms with Crippen LogP contribution in [0.4, 0.5) is 5.13 Å². The van der Waals surface area contributed by atoms with E-state index in [0.717, 1.165) is 88.6 Å². The minimum absolute atomic E-state index is 0.163. The standard InChI is InChI=1S/C32H32ClN3O4S/c1-17-4-3-5-26(33)28(17)29-25(30(40-35-29)19-6-7-19)15-39-23-13-21-9-10-22(14-23)36(21)32-34-27(16-41-32)24-11-8-20(31(37)38)12-18(24)2/h3-5,8,11-12,16,19,21-23H,6-7,9-10,13-15H2,1-2H3,(H,37,38)/t21-,22+,23?. The number of hydrogen-bond donors (Lipinski definition) is 1. The van der Waals surface area contributed by atoms with Gasteiger partial charge in [0.05, 0.1) is 29.0 Å². The molecule has 3 fully saturated rings. The normalized spacial score (nSPS) is 21.9. The number of piperidine rings is 1. The van der Waals surface area contributed by atoms with Crippen molar-refractivity contribution in [2.45, 2.75) is 83.1 Å². The van der Waals surface area contributed by atoms with Crippen LogP contribution in [0.15, 0.2) is 46.3 Å². The molecule has 4 aromatic rings. The van der Waals surface area contributed by atoms with E-state index in [1.807, 2.05) is 25.1 Å². The largest absolute Gasteiger partial charge is 0.478 e. The van der Waals surface area contributed by atoms with Crippen LogP contribution in [0, 0.1) is 13.8 Å². The topological polar surface area (TPSA) is 88.7 Å². The molecular formula is C32H32ClN3O4S. The maximum absolute atomic E-state index is 11.3. The van der Waals surface area contributed by atoms with Gasteiger partial charge in [0.1, 0.15) is 11.5 Å². The molecule has 7 rings (SSSR count). The number of thiazole rings is 1. The Balaban J connectivity index is 1.07. The van der Waals surface area contributed by atoms with Crippen molar-refractivity contribution < 1.29 is 19.2 Å². The number of halogens is 1. The molecule has 7 nitrogen and oxygen atoms in total. The fourth-order valence-corrected chi connectivity index (χ4v) is 7.90. The van der Waals surface area contributed by atoms with E-state index >= 15 is 0 Å². The van der Waals surface area contributed by atoms with Crippen molar-refractivity contribution in [1.82, 2.24) is 10.1 Å². The summed E-state index contributed by atoms with van der Waals surface area (Å²) in [5.74, 6) is 0.476. The van der Waals surface area contributed by atoms with Gasteiger partial charge in [-0.15, -0.1) is 11.3 Å². The second kappa shape index (κ2) is 10.6. The highest BCUT2D eigenvalue weighted by molar-refractivity contribution is 7.14. The molecule has 3 atom stereocenters. The Morgan fingerprint density at radius 3 is 2.59 bits per heavy atom. The van der Waals surface area contributed by atoms with E-state index in [0.29, 0.717) is 35.2 Å². The Hall–Kier alpha value is -3.20. The second-order valence-corrected chi connectivity index (χ2v) is 12.9. The molecule has 1 saturated carbocycles. The number of fused-ring (bicyclic) bond motifs is 2. The SMILES string of the molecule is Cc1cc(C(=O)O)ccc1-c1csc(N2[C@@H]3CC[C@H]2CC(OCc2c(-c4c(C)cccc4Cl)noc2C2CC2)C3)n1. The van der Waals surface area contributed by atoms with Gasteiger partial charge < -0.3 is 19.3 Å². The Kier molecular flexibility index (Phi) is 6.88. The van der Waals surface area contributed by atoms with E-state index in [-0.39, 0.29) is 6.10 Å². The van der Waals surface area contributed by atoms with Gasteiger partial charge in [-0.3, -0.25) is 0 Å². The second-order valence-electron chi connectivity index (χ2n) is 11.6. The fourth-order valence-electron chi connectivity index (χ4n) is 6.62. The van der Waals surface area contributed by atoms with E-state index < -0.39 is 5.97 Å². The number of rotatable bonds is 8. The summed E-state index contributed by atoms with van der Waals surface area (Å²) in [5, 5.41) is 17.6. The summed E-state index contributed by atoms with van der Waals surface area (Å²) in [6.07, 6.45) is 6.61. The van der Waals surface area contributed by atoms with E-state index in [4.69, 9.17) is 25.8 Å². The van der Waals surface area contributed by atoms with Crippen molar-refractivity contribution >= 4 is 34.0 Å². The first-order valence-electron chi connectivity index (χ1n) is 14.3. The molecule has 2 aromatic heterocycles. The number of carboxylic acid groups (broad SMARTS) is 1. The third kappa shape index (κ3) is 4.96. The lowest BCUT2D eigenvalue weighted by molar-refractivity contribution is 0.0147. The van der Waals surface area contributed by atoms with Gasteiger partial charge in [-0.1, -0.05) is 35.0 Å². The number of benzene rings is 2. The molecule has 2 saturated heterocycles. The lowest BCUT2D eigenvalue weighted by Gasteiger charge is -2.38. The number of aryl methyl sites for hydroxylation is 2. The number of aromatic carboxylic acids is 1. The number of nitrogens with zero attached hydrogens (tertiary/aromatic N) is 3. The van der Waals surface area contributed by atoms with Gasteiger partial charge in [0.25, 0.3) is 0 Å². The number of anilines is 1. The minimum Gasteiger partial charge on any atom is -0.478 e. The van der Waals surface area contributed by atoms with Crippen molar-refractivity contribution in [3.63, 3.8) is 0 Å². The average molecular weight is 590 g/mol. The van der Waals surface area contributed by atoms with Crippen LogP contribution < -0.4 is 4.90 Å². The molecular weight excluding hydrogens is 558 g/mol.